The molecule has 0 saturated carbocycles. The standard InChI is InChI=1S/C19H24O2Se/c1-14-9-15(2)19(16(3)10-14)11-21-13-22-12-17-5-7-18(20-4)8-6-17/h5-10H,11-13H2,1-4H3. The summed E-state index contributed by atoms with van der Waals surface area (Å²) in [6, 6.07) is 12.8. The Morgan fingerprint density at radius 1 is 0.955 bits per heavy atom. The molecule has 3 heteroatoms. The van der Waals surface area contributed by atoms with E-state index in [2.05, 4.69) is 45.0 Å². The molecule has 0 N–H and O–H groups in total. The predicted octanol–water partition coefficient (Wildman–Crippen LogP) is 4.00. The van der Waals surface area contributed by atoms with Gasteiger partial charge in [0.1, 0.15) is 0 Å². The quantitative estimate of drug-likeness (QED) is 0.547. The molecule has 0 bridgehead atoms. The van der Waals surface area contributed by atoms with E-state index >= 15 is 0 Å². The Morgan fingerprint density at radius 2 is 1.59 bits per heavy atom. The molecule has 118 valence electrons. The summed E-state index contributed by atoms with van der Waals surface area (Å²) >= 11 is 0.473. The van der Waals surface area contributed by atoms with E-state index in [0.29, 0.717) is 15.0 Å². The summed E-state index contributed by atoms with van der Waals surface area (Å²) in [4.78, 5) is 0. The third-order valence-electron chi connectivity index (χ3n) is 3.68. The Morgan fingerprint density at radius 3 is 2.18 bits per heavy atom. The van der Waals surface area contributed by atoms with Gasteiger partial charge in [0, 0.05) is 0 Å². The molecule has 0 atom stereocenters. The molecule has 22 heavy (non-hydrogen) atoms. The molecule has 2 nitrogen and oxygen atoms in total. The Hall–Kier alpha value is -1.28. The first kappa shape index (κ1) is 17.1. The van der Waals surface area contributed by atoms with Crippen molar-refractivity contribution in [2.24, 2.45) is 0 Å². The molecular formula is C19H24O2Se. The Bertz CT molecular complexity index is 582. The van der Waals surface area contributed by atoms with Gasteiger partial charge in [0.25, 0.3) is 0 Å². The van der Waals surface area contributed by atoms with Gasteiger partial charge >= 0.3 is 140 Å². The van der Waals surface area contributed by atoms with Gasteiger partial charge in [0.15, 0.2) is 0 Å². The van der Waals surface area contributed by atoms with E-state index < -0.39 is 0 Å². The summed E-state index contributed by atoms with van der Waals surface area (Å²) in [5, 5.41) is 1.10. The van der Waals surface area contributed by atoms with Gasteiger partial charge in [0.05, 0.1) is 0 Å². The Kier molecular flexibility index (Phi) is 6.50. The zero-order valence-corrected chi connectivity index (χ0v) is 15.5. The Balaban J connectivity index is 1.75. The van der Waals surface area contributed by atoms with E-state index in [-0.39, 0.29) is 0 Å². The number of hydrogen-bond donors (Lipinski definition) is 0. The van der Waals surface area contributed by atoms with Crippen LogP contribution in [0.2, 0.25) is 0 Å². The minimum atomic E-state index is 0.473. The van der Waals surface area contributed by atoms with E-state index in [4.69, 9.17) is 9.47 Å². The van der Waals surface area contributed by atoms with Crippen molar-refractivity contribution in [3.05, 3.63) is 64.2 Å². The molecule has 0 aliphatic heterocycles. The van der Waals surface area contributed by atoms with Crippen molar-refractivity contribution in [3.8, 4) is 5.75 Å². The second-order valence-corrected chi connectivity index (χ2v) is 7.50. The van der Waals surface area contributed by atoms with E-state index in [1.54, 1.807) is 7.11 Å². The van der Waals surface area contributed by atoms with Gasteiger partial charge in [0.2, 0.25) is 0 Å². The third kappa shape index (κ3) is 4.88. The van der Waals surface area contributed by atoms with E-state index in [1.165, 1.54) is 27.8 Å². The fourth-order valence-corrected chi connectivity index (χ4v) is 4.02. The van der Waals surface area contributed by atoms with Crippen LogP contribution in [0.15, 0.2) is 36.4 Å². The molecule has 0 unspecified atom stereocenters. The van der Waals surface area contributed by atoms with Gasteiger partial charge in [-0.3, -0.25) is 0 Å². The van der Waals surface area contributed by atoms with Crippen molar-refractivity contribution in [1.29, 1.82) is 0 Å². The summed E-state index contributed by atoms with van der Waals surface area (Å²) in [6.07, 6.45) is 0. The number of hydrogen-bond acceptors (Lipinski definition) is 2. The third-order valence-corrected chi connectivity index (χ3v) is 5.51. The summed E-state index contributed by atoms with van der Waals surface area (Å²) in [7, 11) is 1.70. The topological polar surface area (TPSA) is 18.5 Å². The van der Waals surface area contributed by atoms with E-state index in [0.717, 1.165) is 23.2 Å². The predicted molar refractivity (Wildman–Crippen MR) is 92.8 cm³/mol. The molecule has 2 aromatic rings. The summed E-state index contributed by atoms with van der Waals surface area (Å²) < 4.78 is 11.1. The first-order valence-corrected chi connectivity index (χ1v) is 9.87. The number of aryl methyl sites for hydroxylation is 3. The first-order valence-electron chi connectivity index (χ1n) is 7.45. The van der Waals surface area contributed by atoms with Gasteiger partial charge in [-0.05, 0) is 0 Å². The van der Waals surface area contributed by atoms with Crippen molar-refractivity contribution in [3.63, 3.8) is 0 Å². The molecule has 0 amide bonds. The number of ether oxygens (including phenoxy) is 2. The Labute approximate surface area is 140 Å². The van der Waals surface area contributed by atoms with Gasteiger partial charge < -0.3 is 0 Å². The van der Waals surface area contributed by atoms with Crippen LogP contribution in [0.1, 0.15) is 27.8 Å². The van der Waals surface area contributed by atoms with Crippen molar-refractivity contribution in [2.75, 3.05) is 12.6 Å². The van der Waals surface area contributed by atoms with E-state index in [1.807, 2.05) is 12.1 Å². The van der Waals surface area contributed by atoms with E-state index in [9.17, 15) is 0 Å². The maximum absolute atomic E-state index is 5.89. The molecule has 0 aliphatic carbocycles. The molecule has 2 rings (SSSR count). The molecule has 0 heterocycles. The molecule has 0 aromatic heterocycles. The van der Waals surface area contributed by atoms with Crippen molar-refractivity contribution in [2.45, 2.75) is 32.7 Å². The minimum absolute atomic E-state index is 0.473. The van der Waals surface area contributed by atoms with Crippen LogP contribution in [-0.4, -0.2) is 27.6 Å². The molecule has 2 aromatic carbocycles. The molecule has 0 spiro atoms. The normalized spacial score (nSPS) is 10.7. The average molecular weight is 363 g/mol. The number of rotatable bonds is 7. The van der Waals surface area contributed by atoms with Crippen LogP contribution in [0.25, 0.3) is 0 Å². The fourth-order valence-electron chi connectivity index (χ4n) is 2.52. The summed E-state index contributed by atoms with van der Waals surface area (Å²) in [6.45, 7) is 7.20. The second kappa shape index (κ2) is 8.38. The maximum atomic E-state index is 5.89. The van der Waals surface area contributed by atoms with Crippen LogP contribution in [0, 0.1) is 20.8 Å². The zero-order valence-electron chi connectivity index (χ0n) is 13.8. The average Bonchev–Trinajstić information content (AvgIpc) is 2.49. The number of benzene rings is 2. The number of methoxy groups -OCH3 is 1. The van der Waals surface area contributed by atoms with Crippen molar-refractivity contribution in [1.82, 2.24) is 0 Å². The summed E-state index contributed by atoms with van der Waals surface area (Å²) in [5.41, 5.74) is 7.53. The van der Waals surface area contributed by atoms with Crippen molar-refractivity contribution >= 4 is 15.0 Å². The van der Waals surface area contributed by atoms with Crippen molar-refractivity contribution < 1.29 is 9.47 Å². The molecule has 0 fully saturated rings. The molecule has 0 radical (unpaired) electrons. The van der Waals surface area contributed by atoms with Crippen LogP contribution in [0.3, 0.4) is 0 Å². The van der Waals surface area contributed by atoms with Crippen LogP contribution >= 0.6 is 0 Å². The van der Waals surface area contributed by atoms with Gasteiger partial charge in [-0.1, -0.05) is 0 Å². The molecule has 0 saturated heterocycles. The van der Waals surface area contributed by atoms with Gasteiger partial charge in [-0.25, -0.2) is 0 Å². The SMILES string of the molecule is COc1ccc(C[Se]COCc2c(C)cc(C)cc2C)cc1. The zero-order chi connectivity index (χ0) is 15.9. The van der Waals surface area contributed by atoms with Crippen LogP contribution < -0.4 is 4.74 Å². The molecule has 0 aliphatic rings. The summed E-state index contributed by atoms with van der Waals surface area (Å²) in [5.74, 6) is 0.915. The van der Waals surface area contributed by atoms with Gasteiger partial charge in [-0.2, -0.15) is 0 Å². The van der Waals surface area contributed by atoms with Gasteiger partial charge in [-0.15, -0.1) is 0 Å². The molecular weight excluding hydrogens is 339 g/mol. The first-order chi connectivity index (χ1) is 10.6. The fraction of sp³-hybridized carbons (Fsp3) is 0.368. The van der Waals surface area contributed by atoms with Crippen LogP contribution in [-0.2, 0) is 16.7 Å². The second-order valence-electron chi connectivity index (χ2n) is 5.54. The monoisotopic (exact) mass is 364 g/mol. The van der Waals surface area contributed by atoms with Crippen LogP contribution in [0.5, 0.6) is 5.75 Å². The van der Waals surface area contributed by atoms with Crippen LogP contribution in [0.4, 0.5) is 0 Å².